The summed E-state index contributed by atoms with van der Waals surface area (Å²) in [4.78, 5) is 26.0. The van der Waals surface area contributed by atoms with E-state index in [1.807, 2.05) is 0 Å². The summed E-state index contributed by atoms with van der Waals surface area (Å²) in [7, 11) is 0. The number of hydrogen-bond acceptors (Lipinski definition) is 3. The van der Waals surface area contributed by atoms with Crippen molar-refractivity contribution in [2.75, 3.05) is 32.7 Å². The number of likely N-dealkylation sites (tertiary alicyclic amines) is 1. The van der Waals surface area contributed by atoms with E-state index in [0.29, 0.717) is 19.0 Å². The Morgan fingerprint density at radius 3 is 1.86 bits per heavy atom. The van der Waals surface area contributed by atoms with Crippen LogP contribution in [-0.2, 0) is 9.59 Å². The summed E-state index contributed by atoms with van der Waals surface area (Å²) in [6.45, 7) is 8.73. The average molecular weight is 295 g/mol. The molecule has 2 aliphatic rings. The number of hydrogen-bond donors (Lipinski definition) is 2. The lowest BCUT2D eigenvalue weighted by Crippen LogP contribution is -2.43. The second-order valence-electron chi connectivity index (χ2n) is 6.83. The van der Waals surface area contributed by atoms with Crippen LogP contribution in [0.1, 0.15) is 39.5 Å². The maximum absolute atomic E-state index is 12.1. The Kier molecular flexibility index (Phi) is 6.03. The Morgan fingerprint density at radius 2 is 1.43 bits per heavy atom. The normalized spacial score (nSPS) is 20.5. The van der Waals surface area contributed by atoms with Crippen molar-refractivity contribution in [1.29, 1.82) is 0 Å². The molecule has 0 unspecified atom stereocenters. The van der Waals surface area contributed by atoms with Crippen LogP contribution in [0, 0.1) is 17.8 Å². The van der Waals surface area contributed by atoms with Gasteiger partial charge in [-0.1, -0.05) is 13.8 Å². The quantitative estimate of drug-likeness (QED) is 0.689. The fourth-order valence-electron chi connectivity index (χ4n) is 2.90. The minimum absolute atomic E-state index is 0.145. The molecule has 1 aliphatic carbocycles. The zero-order chi connectivity index (χ0) is 15.2. The first kappa shape index (κ1) is 16.3. The molecule has 2 amide bonds. The summed E-state index contributed by atoms with van der Waals surface area (Å²) in [5, 5.41) is 5.82. The molecule has 1 aliphatic heterocycles. The van der Waals surface area contributed by atoms with Crippen molar-refractivity contribution in [3.05, 3.63) is 0 Å². The predicted octanol–water partition coefficient (Wildman–Crippen LogP) is 0.997. The molecule has 0 spiro atoms. The van der Waals surface area contributed by atoms with Gasteiger partial charge in [0.1, 0.15) is 0 Å². The van der Waals surface area contributed by atoms with E-state index >= 15 is 0 Å². The van der Waals surface area contributed by atoms with Gasteiger partial charge in [0.2, 0.25) is 11.8 Å². The summed E-state index contributed by atoms with van der Waals surface area (Å²) >= 11 is 0. The number of carbonyl (C=O) groups excluding carboxylic acids is 2. The van der Waals surface area contributed by atoms with Crippen molar-refractivity contribution < 1.29 is 9.59 Å². The molecule has 2 fully saturated rings. The van der Waals surface area contributed by atoms with Gasteiger partial charge in [-0.05, 0) is 44.7 Å². The predicted molar refractivity (Wildman–Crippen MR) is 82.7 cm³/mol. The van der Waals surface area contributed by atoms with Crippen molar-refractivity contribution in [2.45, 2.75) is 39.5 Å². The van der Waals surface area contributed by atoms with E-state index in [1.165, 1.54) is 0 Å². The zero-order valence-corrected chi connectivity index (χ0v) is 13.4. The summed E-state index contributed by atoms with van der Waals surface area (Å²) in [5.74, 6) is 1.37. The minimum atomic E-state index is 0.145. The first-order valence-electron chi connectivity index (χ1n) is 8.34. The third kappa shape index (κ3) is 5.65. The summed E-state index contributed by atoms with van der Waals surface area (Å²) in [6.07, 6.45) is 3.94. The number of nitrogens with zero attached hydrogens (tertiary/aromatic N) is 1. The number of nitrogens with one attached hydrogen (secondary N) is 2. The standard InChI is InChI=1S/C16H29N3O2/c1-12(2)11-19-9-5-14(6-10-19)16(21)18-8-7-17-15(20)13-3-4-13/h12-14H,3-11H2,1-2H3,(H,17,20)(H,18,21). The van der Waals surface area contributed by atoms with E-state index in [1.54, 1.807) is 0 Å². The topological polar surface area (TPSA) is 61.4 Å². The minimum Gasteiger partial charge on any atom is -0.354 e. The Balaban J connectivity index is 1.55. The Hall–Kier alpha value is -1.10. The third-order valence-electron chi connectivity index (χ3n) is 4.25. The SMILES string of the molecule is CC(C)CN1CCC(C(=O)NCCNC(=O)C2CC2)CC1. The van der Waals surface area contributed by atoms with Crippen LogP contribution in [0.2, 0.25) is 0 Å². The highest BCUT2D eigenvalue weighted by Gasteiger charge is 2.29. The Bertz CT molecular complexity index is 359. The molecular formula is C16H29N3O2. The molecule has 0 bridgehead atoms. The van der Waals surface area contributed by atoms with Crippen molar-refractivity contribution >= 4 is 11.8 Å². The van der Waals surface area contributed by atoms with Crippen LogP contribution in [0.25, 0.3) is 0 Å². The van der Waals surface area contributed by atoms with Crippen molar-refractivity contribution in [1.82, 2.24) is 15.5 Å². The maximum atomic E-state index is 12.1. The molecule has 0 atom stereocenters. The van der Waals surface area contributed by atoms with Crippen LogP contribution in [-0.4, -0.2) is 49.4 Å². The van der Waals surface area contributed by atoms with Gasteiger partial charge in [-0.2, -0.15) is 0 Å². The molecule has 0 aromatic carbocycles. The second kappa shape index (κ2) is 7.78. The number of rotatable bonds is 7. The molecule has 1 saturated carbocycles. The number of amides is 2. The zero-order valence-electron chi connectivity index (χ0n) is 13.4. The molecular weight excluding hydrogens is 266 g/mol. The lowest BCUT2D eigenvalue weighted by Gasteiger charge is -2.32. The van der Waals surface area contributed by atoms with Crippen LogP contribution >= 0.6 is 0 Å². The highest BCUT2D eigenvalue weighted by Crippen LogP contribution is 2.28. The van der Waals surface area contributed by atoms with Crippen molar-refractivity contribution in [3.8, 4) is 0 Å². The van der Waals surface area contributed by atoms with Crippen molar-refractivity contribution in [3.63, 3.8) is 0 Å². The van der Waals surface area contributed by atoms with Crippen molar-refractivity contribution in [2.24, 2.45) is 17.8 Å². The van der Waals surface area contributed by atoms with Gasteiger partial charge in [0.25, 0.3) is 0 Å². The third-order valence-corrected chi connectivity index (χ3v) is 4.25. The van der Waals surface area contributed by atoms with E-state index in [-0.39, 0.29) is 23.7 Å². The van der Waals surface area contributed by atoms with Gasteiger partial charge in [-0.25, -0.2) is 0 Å². The van der Waals surface area contributed by atoms with Crippen LogP contribution in [0.5, 0.6) is 0 Å². The molecule has 0 aromatic heterocycles. The van der Waals surface area contributed by atoms with E-state index in [2.05, 4.69) is 29.4 Å². The highest BCUT2D eigenvalue weighted by molar-refractivity contribution is 5.81. The number of piperidine rings is 1. The molecule has 120 valence electrons. The van der Waals surface area contributed by atoms with Gasteiger partial charge in [-0.15, -0.1) is 0 Å². The molecule has 2 rings (SSSR count). The second-order valence-corrected chi connectivity index (χ2v) is 6.83. The molecule has 21 heavy (non-hydrogen) atoms. The van der Waals surface area contributed by atoms with Gasteiger partial charge in [0, 0.05) is 31.5 Å². The summed E-state index contributed by atoms with van der Waals surface area (Å²) in [6, 6.07) is 0. The van der Waals surface area contributed by atoms with Gasteiger partial charge in [-0.3, -0.25) is 9.59 Å². The molecule has 1 saturated heterocycles. The summed E-state index contributed by atoms with van der Waals surface area (Å²) in [5.41, 5.74) is 0. The van der Waals surface area contributed by atoms with E-state index < -0.39 is 0 Å². The molecule has 2 N–H and O–H groups in total. The Morgan fingerprint density at radius 1 is 0.952 bits per heavy atom. The van der Waals surface area contributed by atoms with Crippen LogP contribution in [0.3, 0.4) is 0 Å². The van der Waals surface area contributed by atoms with Gasteiger partial charge in [0.05, 0.1) is 0 Å². The van der Waals surface area contributed by atoms with E-state index in [9.17, 15) is 9.59 Å². The smallest absolute Gasteiger partial charge is 0.223 e. The van der Waals surface area contributed by atoms with Gasteiger partial charge in [0.15, 0.2) is 0 Å². The van der Waals surface area contributed by atoms with Crippen LogP contribution in [0.4, 0.5) is 0 Å². The Labute approximate surface area is 127 Å². The van der Waals surface area contributed by atoms with E-state index in [0.717, 1.165) is 45.3 Å². The molecule has 1 heterocycles. The summed E-state index contributed by atoms with van der Waals surface area (Å²) < 4.78 is 0. The lowest BCUT2D eigenvalue weighted by atomic mass is 9.95. The fourth-order valence-corrected chi connectivity index (χ4v) is 2.90. The first-order chi connectivity index (χ1) is 10.1. The number of carbonyl (C=O) groups is 2. The maximum Gasteiger partial charge on any atom is 0.223 e. The van der Waals surface area contributed by atoms with Crippen LogP contribution < -0.4 is 10.6 Å². The molecule has 0 aromatic rings. The fraction of sp³-hybridized carbons (Fsp3) is 0.875. The van der Waals surface area contributed by atoms with Gasteiger partial charge < -0.3 is 15.5 Å². The average Bonchev–Trinajstić information content (AvgIpc) is 3.28. The monoisotopic (exact) mass is 295 g/mol. The van der Waals surface area contributed by atoms with Gasteiger partial charge >= 0.3 is 0 Å². The largest absolute Gasteiger partial charge is 0.354 e. The molecule has 5 nitrogen and oxygen atoms in total. The van der Waals surface area contributed by atoms with Crippen LogP contribution in [0.15, 0.2) is 0 Å². The van der Waals surface area contributed by atoms with E-state index in [4.69, 9.17) is 0 Å². The molecule has 0 radical (unpaired) electrons. The first-order valence-corrected chi connectivity index (χ1v) is 8.34. The molecule has 5 heteroatoms. The lowest BCUT2D eigenvalue weighted by molar-refractivity contribution is -0.127. The highest BCUT2D eigenvalue weighted by atomic mass is 16.2.